The molecule has 0 aromatic heterocycles. The van der Waals surface area contributed by atoms with Gasteiger partial charge in [-0.3, -0.25) is 14.5 Å². The zero-order chi connectivity index (χ0) is 10.9. The summed E-state index contributed by atoms with van der Waals surface area (Å²) in [4.78, 5) is 25.5. The molecule has 78 valence electrons. The minimum atomic E-state index is -0.175. The predicted molar refractivity (Wildman–Crippen MR) is 61.0 cm³/mol. The van der Waals surface area contributed by atoms with Gasteiger partial charge in [0.25, 0.3) is 11.8 Å². The average Bonchev–Trinajstić information content (AvgIpc) is 2.31. The van der Waals surface area contributed by atoms with Gasteiger partial charge in [-0.05, 0) is 6.26 Å². The van der Waals surface area contributed by atoms with Crippen LogP contribution in [0.1, 0.15) is 13.8 Å². The highest BCUT2D eigenvalue weighted by Gasteiger charge is 2.35. The lowest BCUT2D eigenvalue weighted by atomic mass is 10.5. The first-order valence-electron chi connectivity index (χ1n) is 4.26. The molecule has 5 heteroatoms. The van der Waals surface area contributed by atoms with Crippen LogP contribution in [0.5, 0.6) is 0 Å². The molecule has 0 aromatic rings. The van der Waals surface area contributed by atoms with Gasteiger partial charge >= 0.3 is 0 Å². The molecule has 1 heterocycles. The molecule has 0 atom stereocenters. The van der Waals surface area contributed by atoms with Gasteiger partial charge in [-0.15, -0.1) is 23.5 Å². The van der Waals surface area contributed by atoms with Crippen LogP contribution in [0.4, 0.5) is 0 Å². The van der Waals surface area contributed by atoms with Crippen LogP contribution < -0.4 is 0 Å². The topological polar surface area (TPSA) is 37.4 Å². The van der Waals surface area contributed by atoms with E-state index in [-0.39, 0.29) is 11.8 Å². The van der Waals surface area contributed by atoms with E-state index in [0.29, 0.717) is 15.1 Å². The normalized spacial score (nSPS) is 17.6. The fraction of sp³-hybridized carbons (Fsp3) is 0.556. The van der Waals surface area contributed by atoms with E-state index >= 15 is 0 Å². The van der Waals surface area contributed by atoms with Gasteiger partial charge in [-0.25, -0.2) is 0 Å². The van der Waals surface area contributed by atoms with E-state index in [4.69, 9.17) is 0 Å². The van der Waals surface area contributed by atoms with E-state index in [1.165, 1.54) is 35.5 Å². The molecule has 0 saturated heterocycles. The largest absolute Gasteiger partial charge is 0.277 e. The van der Waals surface area contributed by atoms with E-state index in [0.717, 1.165) is 0 Å². The highest BCUT2D eigenvalue weighted by atomic mass is 32.2. The Labute approximate surface area is 92.3 Å². The third-order valence-corrected chi connectivity index (χ3v) is 3.76. The van der Waals surface area contributed by atoms with Crippen molar-refractivity contribution < 1.29 is 9.59 Å². The summed E-state index contributed by atoms with van der Waals surface area (Å²) in [5.74, 6) is -0.344. The Kier molecular flexibility index (Phi) is 3.66. The minimum Gasteiger partial charge on any atom is -0.277 e. The number of likely N-dealkylation sites (N-methyl/N-ethyl adjacent to an activating group) is 1. The van der Waals surface area contributed by atoms with Crippen molar-refractivity contribution >= 4 is 35.3 Å². The van der Waals surface area contributed by atoms with Crippen molar-refractivity contribution in [2.24, 2.45) is 0 Å². The molecule has 0 radical (unpaired) electrons. The van der Waals surface area contributed by atoms with Crippen molar-refractivity contribution in [1.82, 2.24) is 4.90 Å². The molecule has 2 amide bonds. The number of rotatable bonds is 3. The number of hydrogen-bond acceptors (Lipinski definition) is 4. The first-order valence-corrected chi connectivity index (χ1v) is 6.36. The molecule has 0 aromatic carbocycles. The number of thioether (sulfide) groups is 2. The maximum absolute atomic E-state index is 11.6. The van der Waals surface area contributed by atoms with Crippen LogP contribution in [0.15, 0.2) is 9.81 Å². The summed E-state index contributed by atoms with van der Waals surface area (Å²) >= 11 is 2.80. The summed E-state index contributed by atoms with van der Waals surface area (Å²) in [6.45, 7) is 4.01. The van der Waals surface area contributed by atoms with Gasteiger partial charge in [0.05, 0.1) is 9.81 Å². The molecule has 0 aliphatic carbocycles. The summed E-state index contributed by atoms with van der Waals surface area (Å²) < 4.78 is 0. The van der Waals surface area contributed by atoms with Crippen LogP contribution in [-0.2, 0) is 9.59 Å². The summed E-state index contributed by atoms with van der Waals surface area (Å²) in [6.07, 6.45) is 1.82. The van der Waals surface area contributed by atoms with Gasteiger partial charge < -0.3 is 0 Å². The number of hydrogen-bond donors (Lipinski definition) is 0. The third kappa shape index (κ3) is 1.98. The van der Waals surface area contributed by atoms with Gasteiger partial charge in [0, 0.05) is 12.3 Å². The van der Waals surface area contributed by atoms with Crippen LogP contribution in [0.3, 0.4) is 0 Å². The fourth-order valence-corrected chi connectivity index (χ4v) is 2.99. The molecule has 0 saturated carbocycles. The molecule has 3 nitrogen and oxygen atoms in total. The van der Waals surface area contributed by atoms with Crippen LogP contribution in [0.25, 0.3) is 0 Å². The second-order valence-corrected chi connectivity index (χ2v) is 5.60. The molecule has 0 unspecified atom stereocenters. The van der Waals surface area contributed by atoms with Crippen molar-refractivity contribution in [3.8, 4) is 0 Å². The zero-order valence-corrected chi connectivity index (χ0v) is 10.3. The summed E-state index contributed by atoms with van der Waals surface area (Å²) in [7, 11) is 1.52. The number of nitrogens with zero attached hydrogens (tertiary/aromatic N) is 1. The highest BCUT2D eigenvalue weighted by Crippen LogP contribution is 2.36. The van der Waals surface area contributed by atoms with Gasteiger partial charge in [0.2, 0.25) is 0 Å². The Morgan fingerprint density at radius 1 is 1.14 bits per heavy atom. The van der Waals surface area contributed by atoms with E-state index in [9.17, 15) is 9.59 Å². The van der Waals surface area contributed by atoms with Crippen LogP contribution in [0, 0.1) is 0 Å². The van der Waals surface area contributed by atoms with E-state index in [2.05, 4.69) is 0 Å². The van der Waals surface area contributed by atoms with E-state index < -0.39 is 0 Å². The molecular weight excluding hydrogens is 218 g/mol. The molecule has 1 rings (SSSR count). The maximum Gasteiger partial charge on any atom is 0.268 e. The van der Waals surface area contributed by atoms with Gasteiger partial charge in [-0.2, -0.15) is 0 Å². The lowest BCUT2D eigenvalue weighted by Gasteiger charge is -2.07. The molecule has 0 fully saturated rings. The smallest absolute Gasteiger partial charge is 0.268 e. The van der Waals surface area contributed by atoms with Crippen molar-refractivity contribution in [3.63, 3.8) is 0 Å². The molecule has 1 aliphatic heterocycles. The predicted octanol–water partition coefficient (Wildman–Crippen LogP) is 1.70. The Hall–Kier alpha value is -0.420. The number of amides is 2. The molecule has 0 spiro atoms. The first-order chi connectivity index (χ1) is 6.49. The van der Waals surface area contributed by atoms with Crippen molar-refractivity contribution in [2.45, 2.75) is 19.1 Å². The summed E-state index contributed by atoms with van der Waals surface area (Å²) in [5, 5.41) is 0.315. The Morgan fingerprint density at radius 3 is 2.07 bits per heavy atom. The van der Waals surface area contributed by atoms with Crippen LogP contribution >= 0.6 is 23.5 Å². The van der Waals surface area contributed by atoms with E-state index in [1.54, 1.807) is 0 Å². The van der Waals surface area contributed by atoms with Gasteiger partial charge in [-0.1, -0.05) is 13.8 Å². The minimum absolute atomic E-state index is 0.168. The van der Waals surface area contributed by atoms with E-state index in [1.807, 2.05) is 20.1 Å². The summed E-state index contributed by atoms with van der Waals surface area (Å²) in [6, 6.07) is 0. The lowest BCUT2D eigenvalue weighted by Crippen LogP contribution is -2.26. The zero-order valence-electron chi connectivity index (χ0n) is 8.66. The Balaban J connectivity index is 3.01. The fourth-order valence-electron chi connectivity index (χ4n) is 1.11. The Morgan fingerprint density at radius 2 is 1.64 bits per heavy atom. The third-order valence-electron chi connectivity index (χ3n) is 1.76. The standard InChI is InChI=1S/C9H13NO2S2/c1-5(2)14-7-6(13-4)8(11)10(3)9(7)12/h5H,1-4H3. The average molecular weight is 231 g/mol. The molecule has 1 aliphatic rings. The SMILES string of the molecule is CSC1=C(SC(C)C)C(=O)N(C)C1=O. The van der Waals surface area contributed by atoms with Crippen molar-refractivity contribution in [1.29, 1.82) is 0 Å². The number of carbonyl (C=O) groups is 2. The summed E-state index contributed by atoms with van der Waals surface area (Å²) in [5.41, 5.74) is 0. The van der Waals surface area contributed by atoms with Crippen molar-refractivity contribution in [3.05, 3.63) is 9.81 Å². The Bertz CT molecular complexity index is 310. The quantitative estimate of drug-likeness (QED) is 0.693. The molecule has 14 heavy (non-hydrogen) atoms. The first kappa shape index (κ1) is 11.7. The molecular formula is C9H13NO2S2. The van der Waals surface area contributed by atoms with Crippen molar-refractivity contribution in [2.75, 3.05) is 13.3 Å². The highest BCUT2D eigenvalue weighted by molar-refractivity contribution is 8.08. The second-order valence-electron chi connectivity index (χ2n) is 3.20. The lowest BCUT2D eigenvalue weighted by molar-refractivity contribution is -0.135. The van der Waals surface area contributed by atoms with Crippen LogP contribution in [-0.4, -0.2) is 35.3 Å². The monoisotopic (exact) mass is 231 g/mol. The van der Waals surface area contributed by atoms with Crippen LogP contribution in [0.2, 0.25) is 0 Å². The van der Waals surface area contributed by atoms with Gasteiger partial charge in [0.15, 0.2) is 0 Å². The number of imide groups is 1. The maximum atomic E-state index is 11.6. The second kappa shape index (κ2) is 4.40. The number of carbonyl (C=O) groups excluding carboxylic acids is 2. The molecule has 0 bridgehead atoms. The molecule has 0 N–H and O–H groups in total. The van der Waals surface area contributed by atoms with Gasteiger partial charge in [0.1, 0.15) is 0 Å².